The summed E-state index contributed by atoms with van der Waals surface area (Å²) in [7, 11) is 0. The molecule has 0 N–H and O–H groups in total. The van der Waals surface area contributed by atoms with Crippen molar-refractivity contribution in [3.8, 4) is 11.5 Å². The van der Waals surface area contributed by atoms with E-state index in [1.54, 1.807) is 24.3 Å². The van der Waals surface area contributed by atoms with Crippen molar-refractivity contribution < 1.29 is 19.1 Å². The summed E-state index contributed by atoms with van der Waals surface area (Å²) in [5.41, 5.74) is 2.44. The van der Waals surface area contributed by atoms with E-state index >= 15 is 0 Å². The highest BCUT2D eigenvalue weighted by atomic mass is 79.9. The number of hydrogen-bond donors (Lipinski definition) is 0. The van der Waals surface area contributed by atoms with Gasteiger partial charge in [-0.1, -0.05) is 65.7 Å². The molecule has 0 atom stereocenters. The third-order valence-electron chi connectivity index (χ3n) is 6.02. The first kappa shape index (κ1) is 27.6. The van der Waals surface area contributed by atoms with Gasteiger partial charge in [0, 0.05) is 0 Å². The second-order valence-corrected chi connectivity index (χ2v) is 11.4. The Kier molecular flexibility index (Phi) is 8.52. The molecular formula is C30H22BrCl2NO4S. The van der Waals surface area contributed by atoms with Gasteiger partial charge in [-0.3, -0.25) is 14.5 Å². The van der Waals surface area contributed by atoms with Gasteiger partial charge in [-0.15, -0.1) is 0 Å². The Bertz CT molecular complexity index is 1620. The Morgan fingerprint density at radius 2 is 1.67 bits per heavy atom. The third kappa shape index (κ3) is 6.28. The van der Waals surface area contributed by atoms with Gasteiger partial charge in [0.15, 0.2) is 11.5 Å². The maximum Gasteiger partial charge on any atom is 0.293 e. The summed E-state index contributed by atoms with van der Waals surface area (Å²) in [5.74, 6) is 0.699. The molecule has 1 saturated heterocycles. The van der Waals surface area contributed by atoms with Crippen LogP contribution >= 0.6 is 50.9 Å². The first-order chi connectivity index (χ1) is 18.8. The SMILES string of the molecule is CCOc1cc(/C=C2\SC(=O)N(Cc3ccc4ccccc4c3)C2=O)cc(Br)c1OCc1ccc(Cl)c(Cl)c1. The molecule has 9 heteroatoms. The van der Waals surface area contributed by atoms with Crippen LogP contribution in [0, 0.1) is 0 Å². The van der Waals surface area contributed by atoms with E-state index in [1.807, 2.05) is 61.5 Å². The fourth-order valence-corrected chi connectivity index (χ4v) is 5.90. The normalized spacial score (nSPS) is 14.5. The number of benzene rings is 4. The van der Waals surface area contributed by atoms with Gasteiger partial charge < -0.3 is 9.47 Å². The monoisotopic (exact) mass is 641 g/mol. The molecule has 0 saturated carbocycles. The number of thioether (sulfide) groups is 1. The van der Waals surface area contributed by atoms with E-state index in [-0.39, 0.29) is 24.3 Å². The van der Waals surface area contributed by atoms with Crippen molar-refractivity contribution in [2.75, 3.05) is 6.61 Å². The Morgan fingerprint density at radius 3 is 2.44 bits per heavy atom. The first-order valence-corrected chi connectivity index (χ1v) is 14.4. The van der Waals surface area contributed by atoms with Gasteiger partial charge in [0.1, 0.15) is 6.61 Å². The van der Waals surface area contributed by atoms with Crippen LogP contribution in [0.25, 0.3) is 16.8 Å². The van der Waals surface area contributed by atoms with Crippen molar-refractivity contribution in [3.05, 3.63) is 109 Å². The van der Waals surface area contributed by atoms with Crippen LogP contribution in [-0.2, 0) is 17.9 Å². The lowest BCUT2D eigenvalue weighted by atomic mass is 10.1. The van der Waals surface area contributed by atoms with Gasteiger partial charge >= 0.3 is 0 Å². The number of halogens is 3. The van der Waals surface area contributed by atoms with Crippen LogP contribution in [0.5, 0.6) is 11.5 Å². The minimum atomic E-state index is -0.327. The Morgan fingerprint density at radius 1 is 0.897 bits per heavy atom. The average Bonchev–Trinajstić information content (AvgIpc) is 3.17. The van der Waals surface area contributed by atoms with Gasteiger partial charge in [0.2, 0.25) is 0 Å². The maximum atomic E-state index is 13.2. The zero-order valence-corrected chi connectivity index (χ0v) is 24.7. The molecule has 5 nitrogen and oxygen atoms in total. The molecule has 4 aromatic carbocycles. The topological polar surface area (TPSA) is 55.8 Å². The molecule has 4 aromatic rings. The molecule has 0 spiro atoms. The number of fused-ring (bicyclic) bond motifs is 1. The lowest BCUT2D eigenvalue weighted by molar-refractivity contribution is -0.123. The quantitative estimate of drug-likeness (QED) is 0.179. The number of rotatable bonds is 8. The fraction of sp³-hybridized carbons (Fsp3) is 0.133. The third-order valence-corrected chi connectivity index (χ3v) is 8.26. The molecule has 39 heavy (non-hydrogen) atoms. The van der Waals surface area contributed by atoms with E-state index in [0.29, 0.717) is 43.1 Å². The number of nitrogens with zero attached hydrogens (tertiary/aromatic N) is 1. The average molecular weight is 643 g/mol. The molecule has 1 aliphatic rings. The summed E-state index contributed by atoms with van der Waals surface area (Å²) in [6.07, 6.45) is 1.70. The van der Waals surface area contributed by atoms with Gasteiger partial charge in [-0.25, -0.2) is 0 Å². The van der Waals surface area contributed by atoms with Crippen LogP contribution in [0.1, 0.15) is 23.6 Å². The van der Waals surface area contributed by atoms with Gasteiger partial charge in [0.05, 0.1) is 32.6 Å². The predicted octanol–water partition coefficient (Wildman–Crippen LogP) is 9.12. The number of hydrogen-bond acceptors (Lipinski definition) is 5. The zero-order valence-electron chi connectivity index (χ0n) is 20.7. The van der Waals surface area contributed by atoms with Gasteiger partial charge in [-0.2, -0.15) is 0 Å². The van der Waals surface area contributed by atoms with E-state index in [4.69, 9.17) is 32.7 Å². The standard InChI is InChI=1S/C30H22BrCl2NO4S/c1-2-37-26-14-20(12-23(31)28(26)38-17-19-8-10-24(32)25(33)13-19)15-27-29(35)34(30(36)39-27)16-18-7-9-21-5-3-4-6-22(21)11-18/h3-15H,2,16-17H2,1H3/b27-15-. The van der Waals surface area contributed by atoms with Crippen LogP contribution in [0.15, 0.2) is 82.2 Å². The Balaban J connectivity index is 1.35. The molecule has 5 rings (SSSR count). The number of carbonyl (C=O) groups is 2. The Hall–Kier alpha value is -2.97. The zero-order chi connectivity index (χ0) is 27.5. The van der Waals surface area contributed by atoms with Crippen molar-refractivity contribution >= 4 is 78.9 Å². The minimum Gasteiger partial charge on any atom is -0.490 e. The Labute approximate surface area is 248 Å². The summed E-state index contributed by atoms with van der Waals surface area (Å²) in [6, 6.07) is 22.8. The van der Waals surface area contributed by atoms with Crippen LogP contribution < -0.4 is 9.47 Å². The van der Waals surface area contributed by atoms with E-state index in [0.717, 1.165) is 33.7 Å². The highest BCUT2D eigenvalue weighted by Gasteiger charge is 2.35. The molecule has 0 unspecified atom stereocenters. The molecule has 198 valence electrons. The first-order valence-electron chi connectivity index (χ1n) is 12.1. The molecule has 1 aliphatic heterocycles. The van der Waals surface area contributed by atoms with Crippen molar-refractivity contribution in [2.45, 2.75) is 20.1 Å². The van der Waals surface area contributed by atoms with E-state index in [2.05, 4.69) is 15.9 Å². The second-order valence-electron chi connectivity index (χ2n) is 8.75. The van der Waals surface area contributed by atoms with E-state index < -0.39 is 0 Å². The molecule has 0 bridgehead atoms. The highest BCUT2D eigenvalue weighted by Crippen LogP contribution is 2.40. The largest absolute Gasteiger partial charge is 0.490 e. The number of ether oxygens (including phenoxy) is 2. The van der Waals surface area contributed by atoms with Crippen LogP contribution in [0.4, 0.5) is 4.79 Å². The van der Waals surface area contributed by atoms with Crippen LogP contribution in [0.2, 0.25) is 10.0 Å². The van der Waals surface area contributed by atoms with Crippen molar-refractivity contribution in [2.24, 2.45) is 0 Å². The van der Waals surface area contributed by atoms with Crippen LogP contribution in [-0.4, -0.2) is 22.7 Å². The maximum absolute atomic E-state index is 13.2. The van der Waals surface area contributed by atoms with Crippen molar-refractivity contribution in [1.82, 2.24) is 4.90 Å². The molecule has 0 aromatic heterocycles. The van der Waals surface area contributed by atoms with E-state index in [9.17, 15) is 9.59 Å². The second kappa shape index (κ2) is 12.0. The fourth-order valence-electron chi connectivity index (χ4n) is 4.17. The number of carbonyl (C=O) groups excluding carboxylic acids is 2. The molecule has 0 radical (unpaired) electrons. The summed E-state index contributed by atoms with van der Waals surface area (Å²) in [5, 5.41) is 2.79. The summed E-state index contributed by atoms with van der Waals surface area (Å²) >= 11 is 16.6. The van der Waals surface area contributed by atoms with Crippen molar-refractivity contribution in [1.29, 1.82) is 0 Å². The predicted molar refractivity (Wildman–Crippen MR) is 162 cm³/mol. The summed E-state index contributed by atoms with van der Waals surface area (Å²) in [6.45, 7) is 2.76. The lowest BCUT2D eigenvalue weighted by Crippen LogP contribution is -2.27. The number of imide groups is 1. The lowest BCUT2D eigenvalue weighted by Gasteiger charge is -2.15. The molecular weight excluding hydrogens is 621 g/mol. The molecule has 1 fully saturated rings. The van der Waals surface area contributed by atoms with Crippen LogP contribution in [0.3, 0.4) is 0 Å². The summed E-state index contributed by atoms with van der Waals surface area (Å²) in [4.78, 5) is 27.6. The molecule has 0 aliphatic carbocycles. The summed E-state index contributed by atoms with van der Waals surface area (Å²) < 4.78 is 12.5. The molecule has 1 heterocycles. The molecule has 2 amide bonds. The highest BCUT2D eigenvalue weighted by molar-refractivity contribution is 9.10. The smallest absolute Gasteiger partial charge is 0.293 e. The van der Waals surface area contributed by atoms with E-state index in [1.165, 1.54) is 4.90 Å². The number of amides is 2. The minimum absolute atomic E-state index is 0.211. The van der Waals surface area contributed by atoms with Gasteiger partial charge in [-0.05, 0) is 98.5 Å². The van der Waals surface area contributed by atoms with Crippen molar-refractivity contribution in [3.63, 3.8) is 0 Å². The van der Waals surface area contributed by atoms with Gasteiger partial charge in [0.25, 0.3) is 11.1 Å².